The Morgan fingerprint density at radius 1 is 1.05 bits per heavy atom. The normalized spacial score (nSPS) is 13.3. The highest BCUT2D eigenvalue weighted by Crippen LogP contribution is 2.25. The number of ether oxygens (including phenoxy) is 1. The summed E-state index contributed by atoms with van der Waals surface area (Å²) in [5.74, 6) is 0.467. The van der Waals surface area contributed by atoms with Crippen LogP contribution < -0.4 is 10.1 Å². The molecule has 2 unspecified atom stereocenters. The zero-order valence-corrected chi connectivity index (χ0v) is 13.9. The molecule has 0 aliphatic heterocycles. The van der Waals surface area contributed by atoms with Crippen LogP contribution >= 0.6 is 23.2 Å². The highest BCUT2D eigenvalue weighted by Gasteiger charge is 2.18. The molecule has 0 bridgehead atoms. The lowest BCUT2D eigenvalue weighted by molar-refractivity contribution is -0.127. The van der Waals surface area contributed by atoms with Crippen LogP contribution in [0.15, 0.2) is 48.5 Å². The first-order valence-electron chi connectivity index (χ1n) is 6.94. The third kappa shape index (κ3) is 4.39. The van der Waals surface area contributed by atoms with Crippen LogP contribution in [0.25, 0.3) is 0 Å². The lowest BCUT2D eigenvalue weighted by atomic mass is 10.1. The number of hydrogen-bond acceptors (Lipinski definition) is 2. The van der Waals surface area contributed by atoms with Crippen LogP contribution in [0.5, 0.6) is 5.75 Å². The van der Waals surface area contributed by atoms with Crippen molar-refractivity contribution in [1.82, 2.24) is 5.32 Å². The van der Waals surface area contributed by atoms with Crippen LogP contribution in [-0.2, 0) is 4.79 Å². The Labute approximate surface area is 140 Å². The number of carbonyl (C=O) groups is 1. The molecule has 22 heavy (non-hydrogen) atoms. The molecule has 0 aliphatic rings. The molecule has 0 fully saturated rings. The van der Waals surface area contributed by atoms with Gasteiger partial charge in [0.1, 0.15) is 5.75 Å². The summed E-state index contributed by atoms with van der Waals surface area (Å²) in [7, 11) is 0. The Morgan fingerprint density at radius 3 is 2.36 bits per heavy atom. The van der Waals surface area contributed by atoms with E-state index in [1.54, 1.807) is 19.1 Å². The SMILES string of the molecule is CC(Oc1ccccc1)C(=O)NC(C)c1ccc(Cl)c(Cl)c1. The van der Waals surface area contributed by atoms with Crippen LogP contribution in [0.4, 0.5) is 0 Å². The number of hydrogen-bond donors (Lipinski definition) is 1. The second-order valence-corrected chi connectivity index (χ2v) is 5.79. The number of benzene rings is 2. The van der Waals surface area contributed by atoms with Gasteiger partial charge in [-0.25, -0.2) is 0 Å². The molecule has 0 aliphatic carbocycles. The fourth-order valence-electron chi connectivity index (χ4n) is 1.95. The van der Waals surface area contributed by atoms with Crippen LogP contribution in [0.3, 0.4) is 0 Å². The molecule has 0 saturated heterocycles. The third-order valence-electron chi connectivity index (χ3n) is 3.23. The predicted molar refractivity (Wildman–Crippen MR) is 89.6 cm³/mol. The summed E-state index contributed by atoms with van der Waals surface area (Å²) in [6.07, 6.45) is -0.590. The van der Waals surface area contributed by atoms with E-state index in [4.69, 9.17) is 27.9 Å². The lowest BCUT2D eigenvalue weighted by Gasteiger charge is -2.19. The predicted octanol–water partition coefficient (Wildman–Crippen LogP) is 4.64. The van der Waals surface area contributed by atoms with Crippen LogP contribution in [0, 0.1) is 0 Å². The zero-order valence-electron chi connectivity index (χ0n) is 12.3. The maximum Gasteiger partial charge on any atom is 0.261 e. The number of rotatable bonds is 5. The van der Waals surface area contributed by atoms with Gasteiger partial charge in [0, 0.05) is 0 Å². The molecule has 0 spiro atoms. The van der Waals surface area contributed by atoms with Crippen molar-refractivity contribution in [1.29, 1.82) is 0 Å². The molecular weight excluding hydrogens is 321 g/mol. The number of carbonyl (C=O) groups excluding carboxylic acids is 1. The molecule has 2 rings (SSSR count). The summed E-state index contributed by atoms with van der Waals surface area (Å²) in [6, 6.07) is 14.3. The van der Waals surface area contributed by atoms with Crippen molar-refractivity contribution in [3.63, 3.8) is 0 Å². The second kappa shape index (κ2) is 7.52. The Kier molecular flexibility index (Phi) is 5.69. The summed E-state index contributed by atoms with van der Waals surface area (Å²) in [6.45, 7) is 3.59. The first-order chi connectivity index (χ1) is 10.5. The van der Waals surface area contributed by atoms with Crippen molar-refractivity contribution in [3.05, 3.63) is 64.1 Å². The monoisotopic (exact) mass is 337 g/mol. The first-order valence-corrected chi connectivity index (χ1v) is 7.70. The largest absolute Gasteiger partial charge is 0.481 e. The van der Waals surface area contributed by atoms with Crippen molar-refractivity contribution in [2.75, 3.05) is 0 Å². The van der Waals surface area contributed by atoms with Crippen LogP contribution in [-0.4, -0.2) is 12.0 Å². The minimum absolute atomic E-state index is 0.191. The summed E-state index contributed by atoms with van der Waals surface area (Å²) < 4.78 is 5.60. The maximum absolute atomic E-state index is 12.2. The Morgan fingerprint density at radius 2 is 1.73 bits per heavy atom. The van der Waals surface area contributed by atoms with Gasteiger partial charge in [0.2, 0.25) is 0 Å². The number of amides is 1. The van der Waals surface area contributed by atoms with Gasteiger partial charge in [-0.1, -0.05) is 47.5 Å². The van der Waals surface area contributed by atoms with Crippen molar-refractivity contribution >= 4 is 29.1 Å². The van der Waals surface area contributed by atoms with Crippen LogP contribution in [0.1, 0.15) is 25.5 Å². The summed E-state index contributed by atoms with van der Waals surface area (Å²) in [5, 5.41) is 3.85. The minimum Gasteiger partial charge on any atom is -0.481 e. The van der Waals surface area contributed by atoms with E-state index in [9.17, 15) is 4.79 Å². The molecule has 2 aromatic rings. The molecule has 0 heterocycles. The van der Waals surface area contributed by atoms with Gasteiger partial charge in [0.15, 0.2) is 6.10 Å². The van der Waals surface area contributed by atoms with Gasteiger partial charge in [0.25, 0.3) is 5.91 Å². The molecule has 3 nitrogen and oxygen atoms in total. The van der Waals surface area contributed by atoms with Gasteiger partial charge < -0.3 is 10.1 Å². The quantitative estimate of drug-likeness (QED) is 0.863. The van der Waals surface area contributed by atoms with E-state index in [1.165, 1.54) is 0 Å². The van der Waals surface area contributed by atoms with Gasteiger partial charge in [0.05, 0.1) is 16.1 Å². The number of nitrogens with one attached hydrogen (secondary N) is 1. The Bertz CT molecular complexity index is 646. The molecule has 0 aromatic heterocycles. The number of para-hydroxylation sites is 1. The molecule has 0 radical (unpaired) electrons. The van der Waals surface area contributed by atoms with Crippen molar-refractivity contribution in [3.8, 4) is 5.75 Å². The fraction of sp³-hybridized carbons (Fsp3) is 0.235. The smallest absolute Gasteiger partial charge is 0.261 e. The van der Waals surface area contributed by atoms with Gasteiger partial charge in [-0.05, 0) is 43.7 Å². The third-order valence-corrected chi connectivity index (χ3v) is 3.97. The van der Waals surface area contributed by atoms with Crippen molar-refractivity contribution in [2.45, 2.75) is 26.0 Å². The fourth-order valence-corrected chi connectivity index (χ4v) is 2.26. The van der Waals surface area contributed by atoms with E-state index >= 15 is 0 Å². The standard InChI is InChI=1S/C17H17Cl2NO2/c1-11(13-8-9-15(18)16(19)10-13)20-17(21)12(2)22-14-6-4-3-5-7-14/h3-12H,1-2H3,(H,20,21). The van der Waals surface area contributed by atoms with E-state index in [0.717, 1.165) is 5.56 Å². The number of halogens is 2. The highest BCUT2D eigenvalue weighted by atomic mass is 35.5. The Balaban J connectivity index is 1.96. The van der Waals surface area contributed by atoms with E-state index in [-0.39, 0.29) is 11.9 Å². The average molecular weight is 338 g/mol. The van der Waals surface area contributed by atoms with E-state index < -0.39 is 6.10 Å². The molecule has 5 heteroatoms. The van der Waals surface area contributed by atoms with Gasteiger partial charge >= 0.3 is 0 Å². The molecule has 2 atom stereocenters. The first kappa shape index (κ1) is 16.7. The van der Waals surface area contributed by atoms with Crippen molar-refractivity contribution in [2.24, 2.45) is 0 Å². The van der Waals surface area contributed by atoms with E-state index in [1.807, 2.05) is 43.3 Å². The molecular formula is C17H17Cl2NO2. The Hall–Kier alpha value is -1.71. The average Bonchev–Trinajstić information content (AvgIpc) is 2.50. The molecule has 1 N–H and O–H groups in total. The zero-order chi connectivity index (χ0) is 16.1. The summed E-state index contributed by atoms with van der Waals surface area (Å²) in [5.41, 5.74) is 0.884. The highest BCUT2D eigenvalue weighted by molar-refractivity contribution is 6.42. The maximum atomic E-state index is 12.2. The van der Waals surface area contributed by atoms with E-state index in [2.05, 4.69) is 5.32 Å². The lowest BCUT2D eigenvalue weighted by Crippen LogP contribution is -2.37. The minimum atomic E-state index is -0.590. The molecule has 116 valence electrons. The van der Waals surface area contributed by atoms with Crippen LogP contribution in [0.2, 0.25) is 10.0 Å². The summed E-state index contributed by atoms with van der Waals surface area (Å²) in [4.78, 5) is 12.2. The molecule has 2 aromatic carbocycles. The molecule has 0 saturated carbocycles. The topological polar surface area (TPSA) is 38.3 Å². The second-order valence-electron chi connectivity index (χ2n) is 4.98. The van der Waals surface area contributed by atoms with Gasteiger partial charge in [-0.3, -0.25) is 4.79 Å². The van der Waals surface area contributed by atoms with E-state index in [0.29, 0.717) is 15.8 Å². The summed E-state index contributed by atoms with van der Waals surface area (Å²) >= 11 is 11.9. The van der Waals surface area contributed by atoms with Gasteiger partial charge in [-0.2, -0.15) is 0 Å². The van der Waals surface area contributed by atoms with Crippen molar-refractivity contribution < 1.29 is 9.53 Å². The molecule has 1 amide bonds. The van der Waals surface area contributed by atoms with Gasteiger partial charge in [-0.15, -0.1) is 0 Å².